The molecular formula is C17H19N7O. The predicted molar refractivity (Wildman–Crippen MR) is 94.9 cm³/mol. The summed E-state index contributed by atoms with van der Waals surface area (Å²) < 4.78 is 2.01. The third-order valence-corrected chi connectivity index (χ3v) is 3.75. The van der Waals surface area contributed by atoms with Crippen molar-refractivity contribution in [3.63, 3.8) is 0 Å². The molecule has 0 bridgehead atoms. The fourth-order valence-corrected chi connectivity index (χ4v) is 2.44. The zero-order valence-corrected chi connectivity index (χ0v) is 14.1. The summed E-state index contributed by atoms with van der Waals surface area (Å²) in [5, 5.41) is 9.92. The van der Waals surface area contributed by atoms with Crippen LogP contribution in [0.3, 0.4) is 0 Å². The van der Waals surface area contributed by atoms with E-state index in [1.165, 1.54) is 0 Å². The summed E-state index contributed by atoms with van der Waals surface area (Å²) in [6, 6.07) is 6.97. The van der Waals surface area contributed by atoms with Crippen LogP contribution in [0.4, 0.5) is 11.9 Å². The average molecular weight is 337 g/mol. The van der Waals surface area contributed by atoms with Gasteiger partial charge in [0, 0.05) is 30.9 Å². The van der Waals surface area contributed by atoms with E-state index in [4.69, 9.17) is 5.73 Å². The highest BCUT2D eigenvalue weighted by atomic mass is 16.3. The van der Waals surface area contributed by atoms with Crippen molar-refractivity contribution in [2.45, 2.75) is 26.8 Å². The minimum absolute atomic E-state index is 0.121. The number of benzene rings is 1. The molecule has 0 unspecified atom stereocenters. The van der Waals surface area contributed by atoms with Gasteiger partial charge < -0.3 is 15.4 Å². The molecule has 8 nitrogen and oxygen atoms in total. The molecule has 2 heterocycles. The summed E-state index contributed by atoms with van der Waals surface area (Å²) in [5.74, 6) is 1.99. The van der Waals surface area contributed by atoms with E-state index < -0.39 is 0 Å². The third kappa shape index (κ3) is 3.97. The van der Waals surface area contributed by atoms with Gasteiger partial charge in [0.15, 0.2) is 0 Å². The van der Waals surface area contributed by atoms with Gasteiger partial charge in [-0.2, -0.15) is 15.0 Å². The third-order valence-electron chi connectivity index (χ3n) is 3.75. The van der Waals surface area contributed by atoms with Gasteiger partial charge >= 0.3 is 0 Å². The highest BCUT2D eigenvalue weighted by Crippen LogP contribution is 2.18. The Hall–Kier alpha value is -3.29. The first-order valence-corrected chi connectivity index (χ1v) is 7.85. The minimum atomic E-state index is 0.121. The van der Waals surface area contributed by atoms with Crippen molar-refractivity contribution < 1.29 is 5.11 Å². The van der Waals surface area contributed by atoms with Crippen molar-refractivity contribution in [1.82, 2.24) is 24.5 Å². The zero-order valence-electron chi connectivity index (χ0n) is 14.1. The van der Waals surface area contributed by atoms with Crippen LogP contribution >= 0.6 is 0 Å². The van der Waals surface area contributed by atoms with Crippen LogP contribution in [0.5, 0.6) is 5.75 Å². The van der Waals surface area contributed by atoms with Gasteiger partial charge in [-0.3, -0.25) is 0 Å². The van der Waals surface area contributed by atoms with E-state index in [2.05, 4.69) is 24.9 Å². The first kappa shape index (κ1) is 16.6. The van der Waals surface area contributed by atoms with Gasteiger partial charge in [-0.1, -0.05) is 12.1 Å². The summed E-state index contributed by atoms with van der Waals surface area (Å²) in [5.41, 5.74) is 7.00. The van der Waals surface area contributed by atoms with E-state index in [0.717, 1.165) is 5.82 Å². The lowest BCUT2D eigenvalue weighted by molar-refractivity contribution is 0.474. The van der Waals surface area contributed by atoms with Crippen molar-refractivity contribution >= 4 is 17.6 Å². The zero-order chi connectivity index (χ0) is 17.8. The van der Waals surface area contributed by atoms with Gasteiger partial charge in [-0.25, -0.2) is 9.98 Å². The molecule has 3 N–H and O–H groups in total. The second-order valence-corrected chi connectivity index (χ2v) is 5.54. The summed E-state index contributed by atoms with van der Waals surface area (Å²) in [7, 11) is 0. The minimum Gasteiger partial charge on any atom is -0.507 e. The molecule has 2 aromatic heterocycles. The number of hydrogen-bond donors (Lipinski definition) is 2. The lowest BCUT2D eigenvalue weighted by Crippen LogP contribution is -2.08. The Kier molecular flexibility index (Phi) is 4.69. The number of anilines is 1. The monoisotopic (exact) mass is 337 g/mol. The fourth-order valence-electron chi connectivity index (χ4n) is 2.44. The summed E-state index contributed by atoms with van der Waals surface area (Å²) in [6.07, 6.45) is 4.24. The smallest absolute Gasteiger partial charge is 0.254 e. The van der Waals surface area contributed by atoms with Crippen molar-refractivity contribution in [2.75, 3.05) is 5.73 Å². The highest BCUT2D eigenvalue weighted by Gasteiger charge is 2.08. The molecule has 0 aliphatic heterocycles. The van der Waals surface area contributed by atoms with Crippen LogP contribution in [0.15, 0.2) is 41.7 Å². The molecule has 3 aromatic rings. The Morgan fingerprint density at radius 1 is 1.24 bits per heavy atom. The van der Waals surface area contributed by atoms with Crippen LogP contribution < -0.4 is 5.73 Å². The van der Waals surface area contributed by atoms with E-state index in [9.17, 15) is 5.11 Å². The molecule has 25 heavy (non-hydrogen) atoms. The Balaban J connectivity index is 1.83. The number of aromatic hydroxyl groups is 1. The Morgan fingerprint density at radius 3 is 2.76 bits per heavy atom. The van der Waals surface area contributed by atoms with Crippen molar-refractivity contribution in [3.05, 3.63) is 53.9 Å². The number of nitrogen functional groups attached to an aromatic ring is 1. The summed E-state index contributed by atoms with van der Waals surface area (Å²) in [6.45, 7) is 4.41. The largest absolute Gasteiger partial charge is 0.507 e. The number of hydrogen-bond acceptors (Lipinski definition) is 7. The van der Waals surface area contributed by atoms with Crippen LogP contribution in [-0.2, 0) is 13.0 Å². The molecule has 0 radical (unpaired) electrons. The van der Waals surface area contributed by atoms with Crippen LogP contribution in [0.25, 0.3) is 0 Å². The molecule has 0 aliphatic rings. The standard InChI is InChI=1S/C17H19N7O/c1-11(13-5-3-4-6-14(13)25)20-17-22-15(21-16(18)23-17)7-9-24-10-8-19-12(24)2/h3-6,8,10,25H,7,9H2,1-2H3,(H2,18,21,22,23). The average Bonchev–Trinajstić information content (AvgIpc) is 2.98. The van der Waals surface area contributed by atoms with Crippen LogP contribution in [0, 0.1) is 6.92 Å². The van der Waals surface area contributed by atoms with E-state index in [0.29, 0.717) is 30.1 Å². The van der Waals surface area contributed by atoms with Gasteiger partial charge in [-0.05, 0) is 26.0 Å². The fraction of sp³-hybridized carbons (Fsp3) is 0.235. The van der Waals surface area contributed by atoms with E-state index in [-0.39, 0.29) is 17.6 Å². The molecule has 3 rings (SSSR count). The second-order valence-electron chi connectivity index (χ2n) is 5.54. The predicted octanol–water partition coefficient (Wildman–Crippen LogP) is 2.05. The second kappa shape index (κ2) is 7.08. The van der Waals surface area contributed by atoms with E-state index in [1.54, 1.807) is 31.3 Å². The van der Waals surface area contributed by atoms with Crippen LogP contribution in [-0.4, -0.2) is 35.3 Å². The van der Waals surface area contributed by atoms with E-state index in [1.807, 2.05) is 23.8 Å². The van der Waals surface area contributed by atoms with Gasteiger partial charge in [0.25, 0.3) is 5.95 Å². The Labute approximate surface area is 145 Å². The van der Waals surface area contributed by atoms with E-state index >= 15 is 0 Å². The number of nitrogens with zero attached hydrogens (tertiary/aromatic N) is 6. The van der Waals surface area contributed by atoms with Crippen molar-refractivity contribution in [2.24, 2.45) is 4.99 Å². The number of nitrogens with two attached hydrogens (primary N) is 1. The molecule has 0 aliphatic carbocycles. The van der Waals surface area contributed by atoms with Crippen molar-refractivity contribution in [1.29, 1.82) is 0 Å². The molecule has 0 saturated heterocycles. The number of aryl methyl sites for hydroxylation is 3. The molecule has 0 spiro atoms. The lowest BCUT2D eigenvalue weighted by Gasteiger charge is -2.06. The SMILES string of the molecule is CC(=Nc1nc(N)nc(CCn2ccnc2C)n1)c1ccccc1O. The van der Waals surface area contributed by atoms with Gasteiger partial charge in [0.05, 0.1) is 5.71 Å². The molecular weight excluding hydrogens is 318 g/mol. The molecule has 0 atom stereocenters. The number of rotatable bonds is 5. The molecule has 1 aromatic carbocycles. The van der Waals surface area contributed by atoms with Crippen LogP contribution in [0.2, 0.25) is 0 Å². The van der Waals surface area contributed by atoms with Gasteiger partial charge in [0.2, 0.25) is 5.95 Å². The first-order chi connectivity index (χ1) is 12.0. The Bertz CT molecular complexity index is 917. The number of imidazole rings is 1. The van der Waals surface area contributed by atoms with Gasteiger partial charge in [-0.15, -0.1) is 0 Å². The first-order valence-electron chi connectivity index (χ1n) is 7.85. The normalized spacial score (nSPS) is 11.7. The highest BCUT2D eigenvalue weighted by molar-refractivity contribution is 6.02. The topological polar surface area (TPSA) is 115 Å². The molecule has 0 saturated carbocycles. The number of aromatic nitrogens is 5. The number of para-hydroxylation sites is 1. The van der Waals surface area contributed by atoms with Crippen molar-refractivity contribution in [3.8, 4) is 5.75 Å². The molecule has 0 fully saturated rings. The number of phenols is 1. The van der Waals surface area contributed by atoms with Crippen LogP contribution in [0.1, 0.15) is 24.1 Å². The molecule has 0 amide bonds. The summed E-state index contributed by atoms with van der Waals surface area (Å²) >= 11 is 0. The maximum absolute atomic E-state index is 9.92. The summed E-state index contributed by atoms with van der Waals surface area (Å²) in [4.78, 5) is 21.1. The lowest BCUT2D eigenvalue weighted by atomic mass is 10.1. The quantitative estimate of drug-likeness (QED) is 0.689. The number of phenolic OH excluding ortho intramolecular Hbond substituents is 1. The maximum Gasteiger partial charge on any atom is 0.254 e. The Morgan fingerprint density at radius 2 is 2.04 bits per heavy atom. The molecule has 128 valence electrons. The van der Waals surface area contributed by atoms with Gasteiger partial charge in [0.1, 0.15) is 17.4 Å². The molecule has 8 heteroatoms. The number of aliphatic imine (C=N–C) groups is 1. The maximum atomic E-state index is 9.92.